The normalized spacial score (nSPS) is 23.4. The molecule has 0 radical (unpaired) electrons. The van der Waals surface area contributed by atoms with Gasteiger partial charge in [0.1, 0.15) is 0 Å². The zero-order valence-electron chi connectivity index (χ0n) is 13.8. The van der Waals surface area contributed by atoms with Gasteiger partial charge in [-0.2, -0.15) is 0 Å². The maximum Gasteiger partial charge on any atom is 0.0713 e. The van der Waals surface area contributed by atoms with Crippen LogP contribution in [-0.4, -0.2) is 38.7 Å². The average molecular weight is 290 g/mol. The first kappa shape index (κ1) is 16.5. The number of methoxy groups -OCH3 is 1. The van der Waals surface area contributed by atoms with Crippen LogP contribution in [0.3, 0.4) is 0 Å². The van der Waals surface area contributed by atoms with E-state index in [-0.39, 0.29) is 0 Å². The number of nitrogens with zero attached hydrogens (tertiary/aromatic N) is 1. The lowest BCUT2D eigenvalue weighted by Crippen LogP contribution is -2.42. The molecule has 2 atom stereocenters. The zero-order valence-corrected chi connectivity index (χ0v) is 13.8. The maximum absolute atomic E-state index is 5.21. The second-order valence-electron chi connectivity index (χ2n) is 6.12. The van der Waals surface area contributed by atoms with Gasteiger partial charge in [-0.25, -0.2) is 0 Å². The molecule has 1 fully saturated rings. The molecule has 0 bridgehead atoms. The summed E-state index contributed by atoms with van der Waals surface area (Å²) in [6, 6.07) is 9.59. The molecular weight excluding hydrogens is 260 g/mol. The van der Waals surface area contributed by atoms with Crippen LogP contribution in [-0.2, 0) is 11.3 Å². The van der Waals surface area contributed by atoms with E-state index in [2.05, 4.69) is 48.5 Å². The van der Waals surface area contributed by atoms with Crippen LogP contribution in [0.2, 0.25) is 0 Å². The Morgan fingerprint density at radius 2 is 2.05 bits per heavy atom. The van der Waals surface area contributed by atoms with Gasteiger partial charge in [0, 0.05) is 13.2 Å². The number of nitrogens with one attached hydrogen (secondary N) is 1. The van der Waals surface area contributed by atoms with Crippen molar-refractivity contribution < 1.29 is 4.74 Å². The predicted octanol–water partition coefficient (Wildman–Crippen LogP) is 3.22. The highest BCUT2D eigenvalue weighted by Gasteiger charge is 2.31. The van der Waals surface area contributed by atoms with Crippen LogP contribution >= 0.6 is 0 Å². The molecule has 2 unspecified atom stereocenters. The van der Waals surface area contributed by atoms with Crippen molar-refractivity contribution in [2.24, 2.45) is 5.92 Å². The first-order chi connectivity index (χ1) is 10.3. The number of hydrogen-bond donors (Lipinski definition) is 1. The summed E-state index contributed by atoms with van der Waals surface area (Å²) in [5.41, 5.74) is 2.72. The molecule has 2 rings (SSSR count). The Labute approximate surface area is 129 Å². The molecule has 3 heteroatoms. The van der Waals surface area contributed by atoms with Crippen LogP contribution in [0.5, 0.6) is 0 Å². The topological polar surface area (TPSA) is 24.5 Å². The van der Waals surface area contributed by atoms with Gasteiger partial charge < -0.3 is 10.1 Å². The van der Waals surface area contributed by atoms with E-state index in [4.69, 9.17) is 4.74 Å². The van der Waals surface area contributed by atoms with Crippen LogP contribution < -0.4 is 5.32 Å². The maximum atomic E-state index is 5.21. The largest absolute Gasteiger partial charge is 0.380 e. The summed E-state index contributed by atoms with van der Waals surface area (Å²) in [4.78, 5) is 2.68. The van der Waals surface area contributed by atoms with Gasteiger partial charge in [0.25, 0.3) is 0 Å². The van der Waals surface area contributed by atoms with E-state index in [0.717, 1.165) is 6.54 Å². The minimum atomic E-state index is 0.558. The molecule has 0 spiro atoms. The molecule has 1 heterocycles. The lowest BCUT2D eigenvalue weighted by atomic mass is 9.84. The molecule has 0 amide bonds. The Bertz CT molecular complexity index is 386. The Balaban J connectivity index is 2.19. The second kappa shape index (κ2) is 8.52. The van der Waals surface area contributed by atoms with Gasteiger partial charge in [-0.15, -0.1) is 0 Å². The molecule has 0 aliphatic carbocycles. The van der Waals surface area contributed by atoms with E-state index < -0.39 is 0 Å². The second-order valence-corrected chi connectivity index (χ2v) is 6.12. The van der Waals surface area contributed by atoms with Crippen molar-refractivity contribution in [3.05, 3.63) is 35.4 Å². The minimum absolute atomic E-state index is 0.558. The van der Waals surface area contributed by atoms with Crippen LogP contribution in [0.1, 0.15) is 43.4 Å². The van der Waals surface area contributed by atoms with Crippen molar-refractivity contribution in [2.75, 3.05) is 33.8 Å². The number of piperidine rings is 1. The fraction of sp³-hybridized carbons (Fsp3) is 0.667. The van der Waals surface area contributed by atoms with Gasteiger partial charge in [-0.3, -0.25) is 4.90 Å². The van der Waals surface area contributed by atoms with Gasteiger partial charge in [0.2, 0.25) is 0 Å². The molecule has 1 aromatic rings. The molecule has 3 nitrogen and oxygen atoms in total. The summed E-state index contributed by atoms with van der Waals surface area (Å²) >= 11 is 0. The van der Waals surface area contributed by atoms with E-state index in [1.807, 2.05) is 0 Å². The van der Waals surface area contributed by atoms with Gasteiger partial charge in [0.05, 0.1) is 6.61 Å². The third-order valence-corrected chi connectivity index (χ3v) is 4.47. The number of hydrogen-bond acceptors (Lipinski definition) is 3. The molecule has 1 aliphatic rings. The highest BCUT2D eigenvalue weighted by molar-refractivity contribution is 5.26. The lowest BCUT2D eigenvalue weighted by molar-refractivity contribution is 0.0924. The smallest absolute Gasteiger partial charge is 0.0713 e. The monoisotopic (exact) mass is 290 g/mol. The highest BCUT2D eigenvalue weighted by atomic mass is 16.5. The molecule has 21 heavy (non-hydrogen) atoms. The highest BCUT2D eigenvalue weighted by Crippen LogP contribution is 2.35. The molecule has 118 valence electrons. The summed E-state index contributed by atoms with van der Waals surface area (Å²) < 4.78 is 5.21. The first-order valence-electron chi connectivity index (χ1n) is 8.26. The Morgan fingerprint density at radius 1 is 1.29 bits per heavy atom. The number of ether oxygens (including phenoxy) is 1. The Kier molecular flexibility index (Phi) is 6.68. The lowest BCUT2D eigenvalue weighted by Gasteiger charge is -2.42. The van der Waals surface area contributed by atoms with Gasteiger partial charge in [0.15, 0.2) is 0 Å². The standard InChI is InChI=1S/C18H30N2O/c1-4-11-20-12-5-6-17(13-19-2)18(20)16-9-7-15(8-10-16)14-21-3/h7-10,17-19H,4-6,11-14H2,1-3H3. The van der Waals surface area contributed by atoms with Crippen LogP contribution in [0.15, 0.2) is 24.3 Å². The van der Waals surface area contributed by atoms with Crippen molar-refractivity contribution in [2.45, 2.75) is 38.8 Å². The molecule has 1 N–H and O–H groups in total. The molecular formula is C18H30N2O. The zero-order chi connectivity index (χ0) is 15.1. The summed E-state index contributed by atoms with van der Waals surface area (Å²) in [7, 11) is 3.82. The van der Waals surface area contributed by atoms with Crippen molar-refractivity contribution in [3.63, 3.8) is 0 Å². The molecule has 1 saturated heterocycles. The SMILES string of the molecule is CCCN1CCCC(CNC)C1c1ccc(COC)cc1. The third-order valence-electron chi connectivity index (χ3n) is 4.47. The van der Waals surface area contributed by atoms with Crippen molar-refractivity contribution in [1.82, 2.24) is 10.2 Å². The van der Waals surface area contributed by atoms with E-state index in [1.165, 1.54) is 43.5 Å². The van der Waals surface area contributed by atoms with Crippen LogP contribution in [0, 0.1) is 5.92 Å². The van der Waals surface area contributed by atoms with E-state index in [1.54, 1.807) is 7.11 Å². The summed E-state index contributed by atoms with van der Waals surface area (Å²) in [5, 5.41) is 3.38. The van der Waals surface area contributed by atoms with E-state index in [9.17, 15) is 0 Å². The van der Waals surface area contributed by atoms with Crippen molar-refractivity contribution in [1.29, 1.82) is 0 Å². The van der Waals surface area contributed by atoms with E-state index in [0.29, 0.717) is 18.6 Å². The number of likely N-dealkylation sites (tertiary alicyclic amines) is 1. The summed E-state index contributed by atoms with van der Waals surface area (Å²) in [5.74, 6) is 0.712. The Hall–Kier alpha value is -0.900. The molecule has 0 aromatic heterocycles. The van der Waals surface area contributed by atoms with Crippen LogP contribution in [0.25, 0.3) is 0 Å². The minimum Gasteiger partial charge on any atom is -0.380 e. The molecule has 1 aliphatic heterocycles. The summed E-state index contributed by atoms with van der Waals surface area (Å²) in [6.45, 7) is 6.51. The molecule has 0 saturated carbocycles. The summed E-state index contributed by atoms with van der Waals surface area (Å²) in [6.07, 6.45) is 3.88. The fourth-order valence-corrected chi connectivity index (χ4v) is 3.63. The van der Waals surface area contributed by atoms with E-state index >= 15 is 0 Å². The first-order valence-corrected chi connectivity index (χ1v) is 8.26. The third kappa shape index (κ3) is 4.29. The van der Waals surface area contributed by atoms with Gasteiger partial charge in [-0.05, 0) is 63.0 Å². The van der Waals surface area contributed by atoms with Crippen molar-refractivity contribution in [3.8, 4) is 0 Å². The Morgan fingerprint density at radius 3 is 2.67 bits per heavy atom. The predicted molar refractivity (Wildman–Crippen MR) is 88.4 cm³/mol. The van der Waals surface area contributed by atoms with Gasteiger partial charge in [-0.1, -0.05) is 31.2 Å². The number of benzene rings is 1. The number of rotatable bonds is 7. The van der Waals surface area contributed by atoms with Crippen molar-refractivity contribution >= 4 is 0 Å². The van der Waals surface area contributed by atoms with Crippen LogP contribution in [0.4, 0.5) is 0 Å². The van der Waals surface area contributed by atoms with Gasteiger partial charge >= 0.3 is 0 Å². The quantitative estimate of drug-likeness (QED) is 0.834. The fourth-order valence-electron chi connectivity index (χ4n) is 3.63. The average Bonchev–Trinajstić information content (AvgIpc) is 2.50. The molecule has 1 aromatic carbocycles.